The van der Waals surface area contributed by atoms with Gasteiger partial charge in [0.25, 0.3) is 0 Å². The second kappa shape index (κ2) is 8.52. The molecule has 0 fully saturated rings. The maximum absolute atomic E-state index is 12.0. The molecule has 0 aliphatic carbocycles. The Kier molecular flexibility index (Phi) is 5.51. The zero-order chi connectivity index (χ0) is 24.0. The maximum atomic E-state index is 12.0. The van der Waals surface area contributed by atoms with Crippen molar-refractivity contribution >= 4 is 61.5 Å². The molecule has 34 heavy (non-hydrogen) atoms. The number of nitrogens with two attached hydrogens (primary N) is 2. The summed E-state index contributed by atoms with van der Waals surface area (Å²) in [7, 11) is 0. The van der Waals surface area contributed by atoms with Crippen LogP contribution in [0.4, 0.5) is 5.69 Å². The fourth-order valence-electron chi connectivity index (χ4n) is 4.35. The molecule has 0 atom stereocenters. The van der Waals surface area contributed by atoms with E-state index in [-0.39, 0.29) is 6.42 Å². The van der Waals surface area contributed by atoms with Gasteiger partial charge >= 0.3 is 5.97 Å². The van der Waals surface area contributed by atoms with Gasteiger partial charge in [0.1, 0.15) is 0 Å². The topological polar surface area (TPSA) is 111 Å². The summed E-state index contributed by atoms with van der Waals surface area (Å²) >= 11 is 7.87. The first-order chi connectivity index (χ1) is 16.3. The molecule has 0 saturated heterocycles. The van der Waals surface area contributed by atoms with Gasteiger partial charge in [-0.1, -0.05) is 23.7 Å². The predicted molar refractivity (Wildman–Crippen MR) is 138 cm³/mol. The number of halogens is 1. The van der Waals surface area contributed by atoms with E-state index >= 15 is 0 Å². The molecule has 2 heterocycles. The number of hydrogen-bond acceptors (Lipinski definition) is 4. The molecule has 0 unspecified atom stereocenters. The number of aliphatic carboxylic acids is 1. The van der Waals surface area contributed by atoms with Crippen LogP contribution in [0, 0.1) is 0 Å². The molecule has 0 bridgehead atoms. The predicted octanol–water partition coefficient (Wildman–Crippen LogP) is 5.53. The number of benzene rings is 3. The highest BCUT2D eigenvalue weighted by molar-refractivity contribution is 7.17. The molecule has 170 valence electrons. The van der Waals surface area contributed by atoms with Gasteiger partial charge in [-0.05, 0) is 75.5 Å². The second-order valence-electron chi connectivity index (χ2n) is 8.16. The van der Waals surface area contributed by atoms with E-state index in [2.05, 4.69) is 5.38 Å². The summed E-state index contributed by atoms with van der Waals surface area (Å²) in [6.45, 7) is 0.541. The number of carbonyl (C=O) groups is 2. The first-order valence-corrected chi connectivity index (χ1v) is 11.7. The summed E-state index contributed by atoms with van der Waals surface area (Å²) in [5.41, 5.74) is 16.5. The van der Waals surface area contributed by atoms with Crippen LogP contribution in [0.2, 0.25) is 5.02 Å². The van der Waals surface area contributed by atoms with Crippen molar-refractivity contribution in [2.24, 2.45) is 5.73 Å². The molecule has 5 aromatic rings. The normalized spacial score (nSPS) is 11.3. The van der Waals surface area contributed by atoms with Crippen molar-refractivity contribution in [3.8, 4) is 11.1 Å². The molecular formula is C26H20ClN3O3S. The summed E-state index contributed by atoms with van der Waals surface area (Å²) in [5, 5.41) is 14.1. The lowest BCUT2D eigenvalue weighted by atomic mass is 9.97. The van der Waals surface area contributed by atoms with E-state index in [1.807, 2.05) is 47.2 Å². The van der Waals surface area contributed by atoms with Gasteiger partial charge in [-0.15, -0.1) is 11.3 Å². The Bertz CT molecular complexity index is 1600. The van der Waals surface area contributed by atoms with E-state index < -0.39 is 11.9 Å². The van der Waals surface area contributed by atoms with Gasteiger partial charge in [-0.3, -0.25) is 9.59 Å². The molecular weight excluding hydrogens is 470 g/mol. The highest BCUT2D eigenvalue weighted by Gasteiger charge is 2.16. The number of nitrogen functional groups attached to an aromatic ring is 1. The lowest BCUT2D eigenvalue weighted by Gasteiger charge is -2.10. The molecule has 2 aromatic heterocycles. The molecule has 0 spiro atoms. The van der Waals surface area contributed by atoms with Gasteiger partial charge < -0.3 is 21.1 Å². The number of fused-ring (bicyclic) bond motifs is 2. The lowest BCUT2D eigenvalue weighted by Crippen LogP contribution is -2.12. The molecule has 5 rings (SSSR count). The Labute approximate surface area is 204 Å². The SMILES string of the molecule is NC(=O)c1ccc(N)cc1-c1ccc2c(CC(=O)O)cn(Cc3csc4ccc(Cl)cc34)c2c1. The minimum Gasteiger partial charge on any atom is -0.481 e. The molecule has 3 aromatic carbocycles. The largest absolute Gasteiger partial charge is 0.481 e. The van der Waals surface area contributed by atoms with Gasteiger partial charge in [-0.2, -0.15) is 0 Å². The van der Waals surface area contributed by atoms with Crippen LogP contribution in [0.3, 0.4) is 0 Å². The van der Waals surface area contributed by atoms with Crippen molar-refractivity contribution in [3.05, 3.63) is 87.9 Å². The van der Waals surface area contributed by atoms with Crippen LogP contribution in [0.5, 0.6) is 0 Å². The minimum absolute atomic E-state index is 0.0934. The number of carbonyl (C=O) groups excluding carboxylic acids is 1. The number of nitrogens with zero attached hydrogens (tertiary/aromatic N) is 1. The highest BCUT2D eigenvalue weighted by Crippen LogP contribution is 2.34. The van der Waals surface area contributed by atoms with E-state index in [0.29, 0.717) is 33.9 Å². The number of amides is 1. The van der Waals surface area contributed by atoms with E-state index in [1.165, 1.54) is 0 Å². The molecule has 8 heteroatoms. The monoisotopic (exact) mass is 489 g/mol. The maximum Gasteiger partial charge on any atom is 0.307 e. The van der Waals surface area contributed by atoms with Gasteiger partial charge in [-0.25, -0.2) is 0 Å². The number of anilines is 1. The third-order valence-corrected chi connectivity index (χ3v) is 7.13. The number of thiophene rings is 1. The fraction of sp³-hybridized carbons (Fsp3) is 0.0769. The van der Waals surface area contributed by atoms with Gasteiger partial charge in [0.05, 0.1) is 6.42 Å². The number of aromatic nitrogens is 1. The minimum atomic E-state index is -0.900. The standard InChI is InChI=1S/C26H20ClN3O3S/c27-17-2-6-24-22(9-17)16(13-34-24)12-30-11-15(8-25(31)32)19-4-1-14(7-23(19)30)21-10-18(28)3-5-20(21)26(29)33/h1-7,9-11,13H,8,12,28H2,(H2,29,33)(H,31,32). The number of primary amides is 1. The highest BCUT2D eigenvalue weighted by atomic mass is 35.5. The number of carboxylic acid groups (broad SMARTS) is 1. The van der Waals surface area contributed by atoms with Crippen LogP contribution in [0.1, 0.15) is 21.5 Å². The Hall–Kier alpha value is -3.81. The summed E-state index contributed by atoms with van der Waals surface area (Å²) < 4.78 is 3.17. The van der Waals surface area contributed by atoms with Gasteiger partial charge in [0.2, 0.25) is 5.91 Å². The smallest absolute Gasteiger partial charge is 0.307 e. The molecule has 1 amide bonds. The first-order valence-electron chi connectivity index (χ1n) is 10.5. The van der Waals surface area contributed by atoms with Crippen LogP contribution in [-0.4, -0.2) is 21.6 Å². The van der Waals surface area contributed by atoms with Crippen molar-refractivity contribution in [1.29, 1.82) is 0 Å². The Morgan fingerprint density at radius 2 is 1.82 bits per heavy atom. The van der Waals surface area contributed by atoms with Gasteiger partial charge in [0.15, 0.2) is 0 Å². The molecule has 0 aliphatic heterocycles. The van der Waals surface area contributed by atoms with Crippen molar-refractivity contribution < 1.29 is 14.7 Å². The fourth-order valence-corrected chi connectivity index (χ4v) is 5.45. The third kappa shape index (κ3) is 4.00. The van der Waals surface area contributed by atoms with Crippen molar-refractivity contribution in [2.45, 2.75) is 13.0 Å². The Morgan fingerprint density at radius 1 is 1.00 bits per heavy atom. The molecule has 0 saturated carbocycles. The van der Waals surface area contributed by atoms with Crippen molar-refractivity contribution in [3.63, 3.8) is 0 Å². The van der Waals surface area contributed by atoms with Crippen molar-refractivity contribution in [1.82, 2.24) is 4.57 Å². The average molecular weight is 490 g/mol. The molecule has 0 aliphatic rings. The van der Waals surface area contributed by atoms with Crippen LogP contribution in [-0.2, 0) is 17.8 Å². The lowest BCUT2D eigenvalue weighted by molar-refractivity contribution is -0.136. The Balaban J connectivity index is 1.68. The number of carboxylic acids is 1. The average Bonchev–Trinajstić information content (AvgIpc) is 3.34. The zero-order valence-electron chi connectivity index (χ0n) is 17.9. The van der Waals surface area contributed by atoms with E-state index in [1.54, 1.807) is 29.5 Å². The molecule has 5 N–H and O–H groups in total. The summed E-state index contributed by atoms with van der Waals surface area (Å²) in [6.07, 6.45) is 1.79. The second-order valence-corrected chi connectivity index (χ2v) is 9.50. The van der Waals surface area contributed by atoms with E-state index in [9.17, 15) is 14.7 Å². The number of hydrogen-bond donors (Lipinski definition) is 3. The van der Waals surface area contributed by atoms with Crippen LogP contribution in [0.25, 0.3) is 32.1 Å². The van der Waals surface area contributed by atoms with Crippen LogP contribution < -0.4 is 11.5 Å². The van der Waals surface area contributed by atoms with Crippen molar-refractivity contribution in [2.75, 3.05) is 5.73 Å². The van der Waals surface area contributed by atoms with Crippen LogP contribution >= 0.6 is 22.9 Å². The first kappa shape index (κ1) is 22.0. The molecule has 0 radical (unpaired) electrons. The third-order valence-electron chi connectivity index (χ3n) is 5.88. The summed E-state index contributed by atoms with van der Waals surface area (Å²) in [6, 6.07) is 16.5. The molecule has 6 nitrogen and oxygen atoms in total. The van der Waals surface area contributed by atoms with Gasteiger partial charge in [0, 0.05) is 44.6 Å². The van der Waals surface area contributed by atoms with E-state index in [0.717, 1.165) is 32.1 Å². The van der Waals surface area contributed by atoms with E-state index in [4.69, 9.17) is 23.1 Å². The summed E-state index contributed by atoms with van der Waals surface area (Å²) in [5.74, 6) is -1.44. The zero-order valence-corrected chi connectivity index (χ0v) is 19.5. The quantitative estimate of drug-likeness (QED) is 0.272. The Morgan fingerprint density at radius 3 is 2.59 bits per heavy atom. The summed E-state index contributed by atoms with van der Waals surface area (Å²) in [4.78, 5) is 23.5. The van der Waals surface area contributed by atoms with Crippen LogP contribution in [0.15, 0.2) is 66.2 Å². The number of rotatable bonds is 6.